The first-order valence-electron chi connectivity index (χ1n) is 8.43. The topological polar surface area (TPSA) is 85.2 Å². The molecule has 0 bridgehead atoms. The van der Waals surface area contributed by atoms with Gasteiger partial charge in [0.1, 0.15) is 5.75 Å². The van der Waals surface area contributed by atoms with Gasteiger partial charge in [0, 0.05) is 36.0 Å². The van der Waals surface area contributed by atoms with E-state index in [0.29, 0.717) is 12.0 Å². The molecule has 0 unspecified atom stereocenters. The van der Waals surface area contributed by atoms with Crippen LogP contribution in [0.3, 0.4) is 0 Å². The van der Waals surface area contributed by atoms with E-state index in [0.717, 1.165) is 16.8 Å². The minimum Gasteiger partial charge on any atom is -0.423 e. The van der Waals surface area contributed by atoms with Gasteiger partial charge in [-0.1, -0.05) is 42.5 Å². The van der Waals surface area contributed by atoms with E-state index in [4.69, 9.17) is 4.74 Å². The van der Waals surface area contributed by atoms with Gasteiger partial charge >= 0.3 is 5.97 Å². The number of hydrogen-bond acceptors (Lipinski definition) is 4. The summed E-state index contributed by atoms with van der Waals surface area (Å²) in [4.78, 5) is 26.3. The minimum absolute atomic E-state index is 0.0600. The van der Waals surface area contributed by atoms with E-state index < -0.39 is 10.9 Å². The van der Waals surface area contributed by atoms with Crippen LogP contribution >= 0.6 is 0 Å². The van der Waals surface area contributed by atoms with Gasteiger partial charge in [-0.3, -0.25) is 10.1 Å². The first-order valence-corrected chi connectivity index (χ1v) is 8.43. The van der Waals surface area contributed by atoms with Gasteiger partial charge in [0.15, 0.2) is 0 Å². The lowest BCUT2D eigenvalue weighted by Gasteiger charge is -2.08. The summed E-state index contributed by atoms with van der Waals surface area (Å²) in [7, 11) is 0. The van der Waals surface area contributed by atoms with Crippen LogP contribution in [0, 0.1) is 10.1 Å². The molecular weight excluding hydrogens is 344 g/mol. The predicted molar refractivity (Wildman–Crippen MR) is 103 cm³/mol. The zero-order chi connectivity index (χ0) is 19.2. The number of benzene rings is 2. The Morgan fingerprint density at radius 2 is 1.85 bits per heavy atom. The summed E-state index contributed by atoms with van der Waals surface area (Å²) in [5.74, 6) is -0.258. The number of H-pyrrole nitrogens is 1. The molecule has 1 heterocycles. The highest BCUT2D eigenvalue weighted by Crippen LogP contribution is 2.28. The minimum atomic E-state index is -0.511. The number of allylic oxidation sites excluding steroid dienone is 2. The zero-order valence-corrected chi connectivity index (χ0v) is 14.7. The first-order chi connectivity index (χ1) is 13.1. The second-order valence-corrected chi connectivity index (χ2v) is 5.84. The molecule has 0 saturated heterocycles. The van der Waals surface area contributed by atoms with Gasteiger partial charge in [0.05, 0.1) is 10.5 Å². The summed E-state index contributed by atoms with van der Waals surface area (Å²) in [6, 6.07) is 15.0. The summed E-state index contributed by atoms with van der Waals surface area (Å²) in [6.45, 7) is 1.91. The van der Waals surface area contributed by atoms with E-state index in [9.17, 15) is 14.9 Å². The summed E-state index contributed by atoms with van der Waals surface area (Å²) in [5, 5.41) is 10.8. The Balaban J connectivity index is 1.94. The molecule has 0 aliphatic rings. The summed E-state index contributed by atoms with van der Waals surface area (Å²) >= 11 is 0. The standard InChI is InChI=1S/C21H18N2O4/c1-2-3-9-19-20(18(14-22-19)15-7-5-4-6-8-15)21(24)27-17-12-10-16(11-13-17)23(25)26/h2-8,10-14,22H,9H2,1H3. The van der Waals surface area contributed by atoms with Crippen LogP contribution in [0.2, 0.25) is 0 Å². The van der Waals surface area contributed by atoms with Crippen molar-refractivity contribution in [3.8, 4) is 16.9 Å². The fraction of sp³-hybridized carbons (Fsp3) is 0.0952. The third kappa shape index (κ3) is 4.12. The quantitative estimate of drug-likeness (QED) is 0.221. The molecular formula is C21H18N2O4. The van der Waals surface area contributed by atoms with Crippen molar-refractivity contribution in [1.82, 2.24) is 4.98 Å². The number of nitrogens with one attached hydrogen (secondary N) is 1. The first kappa shape index (κ1) is 18.1. The largest absolute Gasteiger partial charge is 0.423 e. The number of nitrogens with zero attached hydrogens (tertiary/aromatic N) is 1. The van der Waals surface area contributed by atoms with E-state index >= 15 is 0 Å². The van der Waals surface area contributed by atoms with Crippen LogP contribution in [0.4, 0.5) is 5.69 Å². The maximum atomic E-state index is 12.9. The maximum absolute atomic E-state index is 12.9. The molecule has 0 spiro atoms. The Kier molecular flexibility index (Phi) is 5.47. The zero-order valence-electron chi connectivity index (χ0n) is 14.7. The molecule has 0 saturated carbocycles. The van der Waals surface area contributed by atoms with E-state index in [1.54, 1.807) is 6.20 Å². The molecule has 6 heteroatoms. The molecule has 0 aliphatic heterocycles. The molecule has 27 heavy (non-hydrogen) atoms. The van der Waals surface area contributed by atoms with Gasteiger partial charge in [-0.25, -0.2) is 4.79 Å². The lowest BCUT2D eigenvalue weighted by atomic mass is 10.0. The number of ether oxygens (including phenoxy) is 1. The van der Waals surface area contributed by atoms with Gasteiger partial charge in [-0.05, 0) is 24.6 Å². The number of non-ortho nitro benzene ring substituents is 1. The SMILES string of the molecule is CC=CCc1[nH]cc(-c2ccccc2)c1C(=O)Oc1ccc([N+](=O)[O-])cc1. The summed E-state index contributed by atoms with van der Waals surface area (Å²) in [6.07, 6.45) is 6.21. The fourth-order valence-corrected chi connectivity index (χ4v) is 2.74. The number of carbonyl (C=O) groups excluding carboxylic acids is 1. The Morgan fingerprint density at radius 1 is 1.15 bits per heavy atom. The summed E-state index contributed by atoms with van der Waals surface area (Å²) in [5.41, 5.74) is 2.80. The smallest absolute Gasteiger partial charge is 0.346 e. The average Bonchev–Trinajstić information content (AvgIpc) is 3.11. The van der Waals surface area contributed by atoms with Gasteiger partial charge in [-0.2, -0.15) is 0 Å². The Labute approximate surface area is 156 Å². The van der Waals surface area contributed by atoms with Crippen molar-refractivity contribution < 1.29 is 14.5 Å². The van der Waals surface area contributed by atoms with Gasteiger partial charge in [0.25, 0.3) is 5.69 Å². The second-order valence-electron chi connectivity index (χ2n) is 5.84. The predicted octanol–water partition coefficient (Wildman–Crippen LogP) is 4.93. The highest BCUT2D eigenvalue weighted by Gasteiger charge is 2.21. The Morgan fingerprint density at radius 3 is 2.48 bits per heavy atom. The molecule has 1 aromatic heterocycles. The molecule has 136 valence electrons. The molecule has 0 radical (unpaired) electrons. The molecule has 0 aliphatic carbocycles. The van der Waals surface area contributed by atoms with Crippen LogP contribution < -0.4 is 4.74 Å². The van der Waals surface area contributed by atoms with Crippen LogP contribution in [-0.4, -0.2) is 15.9 Å². The molecule has 3 aromatic rings. The van der Waals surface area contributed by atoms with Gasteiger partial charge in [-0.15, -0.1) is 0 Å². The van der Waals surface area contributed by atoms with Gasteiger partial charge < -0.3 is 9.72 Å². The van der Waals surface area contributed by atoms with Crippen molar-refractivity contribution in [1.29, 1.82) is 0 Å². The number of hydrogen-bond donors (Lipinski definition) is 1. The number of carbonyl (C=O) groups is 1. The lowest BCUT2D eigenvalue weighted by Crippen LogP contribution is -2.11. The van der Waals surface area contributed by atoms with Crippen molar-refractivity contribution in [2.45, 2.75) is 13.3 Å². The number of nitro benzene ring substituents is 1. The van der Waals surface area contributed by atoms with Gasteiger partial charge in [0.2, 0.25) is 0 Å². The molecule has 0 amide bonds. The maximum Gasteiger partial charge on any atom is 0.346 e. The third-order valence-electron chi connectivity index (χ3n) is 4.07. The highest BCUT2D eigenvalue weighted by atomic mass is 16.6. The van der Waals surface area contributed by atoms with Crippen molar-refractivity contribution >= 4 is 11.7 Å². The van der Waals surface area contributed by atoms with Crippen LogP contribution in [0.15, 0.2) is 72.9 Å². The number of aromatic nitrogens is 1. The Hall–Kier alpha value is -3.67. The molecule has 6 nitrogen and oxygen atoms in total. The third-order valence-corrected chi connectivity index (χ3v) is 4.07. The molecule has 2 aromatic carbocycles. The van der Waals surface area contributed by atoms with E-state index in [-0.39, 0.29) is 11.4 Å². The number of esters is 1. The van der Waals surface area contributed by atoms with Crippen molar-refractivity contribution in [2.24, 2.45) is 0 Å². The number of rotatable bonds is 6. The lowest BCUT2D eigenvalue weighted by molar-refractivity contribution is -0.384. The van der Waals surface area contributed by atoms with Crippen LogP contribution in [0.5, 0.6) is 5.75 Å². The van der Waals surface area contributed by atoms with Crippen LogP contribution in [0.25, 0.3) is 11.1 Å². The fourth-order valence-electron chi connectivity index (χ4n) is 2.74. The summed E-state index contributed by atoms with van der Waals surface area (Å²) < 4.78 is 5.47. The van der Waals surface area contributed by atoms with E-state index in [2.05, 4.69) is 4.98 Å². The van der Waals surface area contributed by atoms with Crippen molar-refractivity contribution in [2.75, 3.05) is 0 Å². The number of nitro groups is 1. The van der Waals surface area contributed by atoms with Crippen LogP contribution in [-0.2, 0) is 6.42 Å². The highest BCUT2D eigenvalue weighted by molar-refractivity contribution is 5.99. The molecule has 1 N–H and O–H groups in total. The van der Waals surface area contributed by atoms with Crippen molar-refractivity contribution in [3.63, 3.8) is 0 Å². The number of aromatic amines is 1. The molecule has 0 atom stereocenters. The van der Waals surface area contributed by atoms with Crippen molar-refractivity contribution in [3.05, 3.63) is 94.3 Å². The normalized spacial score (nSPS) is 10.9. The molecule has 3 rings (SSSR count). The van der Waals surface area contributed by atoms with Crippen LogP contribution in [0.1, 0.15) is 23.0 Å². The Bertz CT molecular complexity index is 973. The van der Waals surface area contributed by atoms with E-state index in [1.165, 1.54) is 24.3 Å². The van der Waals surface area contributed by atoms with E-state index in [1.807, 2.05) is 49.4 Å². The average molecular weight is 362 g/mol. The monoisotopic (exact) mass is 362 g/mol. The molecule has 0 fully saturated rings. The second kappa shape index (κ2) is 8.14.